The van der Waals surface area contributed by atoms with Crippen molar-refractivity contribution < 1.29 is 0 Å². The van der Waals surface area contributed by atoms with Crippen LogP contribution in [0.4, 0.5) is 5.82 Å². The van der Waals surface area contributed by atoms with Gasteiger partial charge in [0.15, 0.2) is 5.65 Å². The van der Waals surface area contributed by atoms with Gasteiger partial charge in [-0.1, -0.05) is 13.8 Å². The first-order valence-electron chi connectivity index (χ1n) is 13.3. The highest BCUT2D eigenvalue weighted by atomic mass is 32.1. The van der Waals surface area contributed by atoms with Crippen LogP contribution < -0.4 is 4.90 Å². The summed E-state index contributed by atoms with van der Waals surface area (Å²) in [5.41, 5.74) is 10.4. The number of hydrogen-bond donors (Lipinski definition) is 1. The predicted octanol–water partition coefficient (Wildman–Crippen LogP) is 6.91. The molecule has 0 unspecified atom stereocenters. The summed E-state index contributed by atoms with van der Waals surface area (Å²) in [7, 11) is 0. The van der Waals surface area contributed by atoms with Crippen LogP contribution in [0.2, 0.25) is 0 Å². The zero-order chi connectivity index (χ0) is 24.4. The van der Waals surface area contributed by atoms with Crippen LogP contribution in [-0.4, -0.2) is 37.7 Å². The minimum atomic E-state index is 0.401. The number of aromatic nitrogens is 5. The molecule has 1 saturated heterocycles. The van der Waals surface area contributed by atoms with E-state index >= 15 is 0 Å². The molecule has 0 spiro atoms. The van der Waals surface area contributed by atoms with E-state index in [1.54, 1.807) is 6.33 Å². The first-order chi connectivity index (χ1) is 17.6. The second-order valence-corrected chi connectivity index (χ2v) is 11.7. The lowest BCUT2D eigenvalue weighted by molar-refractivity contribution is 0.573. The molecule has 0 radical (unpaired) electrons. The van der Waals surface area contributed by atoms with E-state index in [2.05, 4.69) is 65.3 Å². The second-order valence-electron chi connectivity index (χ2n) is 10.7. The van der Waals surface area contributed by atoms with Crippen LogP contribution in [0.1, 0.15) is 67.7 Å². The molecule has 0 aromatic carbocycles. The van der Waals surface area contributed by atoms with Gasteiger partial charge in [0.1, 0.15) is 17.0 Å². The molecular weight excluding hydrogens is 464 g/mol. The molecule has 7 heteroatoms. The van der Waals surface area contributed by atoms with Gasteiger partial charge in [0.05, 0.1) is 5.69 Å². The van der Waals surface area contributed by atoms with Crippen molar-refractivity contribution in [3.63, 3.8) is 0 Å². The number of rotatable bonds is 4. The summed E-state index contributed by atoms with van der Waals surface area (Å²) in [4.78, 5) is 18.3. The molecule has 1 fully saturated rings. The van der Waals surface area contributed by atoms with E-state index in [-0.39, 0.29) is 0 Å². The molecule has 184 valence electrons. The summed E-state index contributed by atoms with van der Waals surface area (Å²) in [6.07, 6.45) is 13.2. The van der Waals surface area contributed by atoms with E-state index in [1.807, 2.05) is 15.9 Å². The number of piperidine rings is 1. The Kier molecular flexibility index (Phi) is 5.17. The topological polar surface area (TPSA) is 62.1 Å². The predicted molar refractivity (Wildman–Crippen MR) is 148 cm³/mol. The van der Waals surface area contributed by atoms with Crippen LogP contribution in [0.5, 0.6) is 0 Å². The highest BCUT2D eigenvalue weighted by Crippen LogP contribution is 2.46. The molecule has 6 heterocycles. The van der Waals surface area contributed by atoms with Gasteiger partial charge >= 0.3 is 0 Å². The Labute approximate surface area is 215 Å². The van der Waals surface area contributed by atoms with Gasteiger partial charge in [-0.25, -0.2) is 14.5 Å². The first-order valence-corrected chi connectivity index (χ1v) is 14.1. The number of H-pyrrole nitrogens is 1. The van der Waals surface area contributed by atoms with E-state index in [9.17, 15) is 0 Å². The normalized spacial score (nSPS) is 16.1. The standard InChI is InChI=1S/C29H32N6S/c1-17(2)24-25-18(3)27(19-10-11-23(30-14-19)34-12-5-4-6-13-34)36-29(25)33-26(24)22-15-35-28(31-16-32-35)21-9-7-8-20(21)22/h10-11,14-17,33H,4-9,12-13H2,1-3H3. The molecule has 0 saturated carbocycles. The van der Waals surface area contributed by atoms with Crippen LogP contribution in [0.3, 0.4) is 0 Å². The minimum Gasteiger partial charge on any atom is -0.357 e. The van der Waals surface area contributed by atoms with Gasteiger partial charge in [-0.3, -0.25) is 0 Å². The van der Waals surface area contributed by atoms with Crippen molar-refractivity contribution in [2.45, 2.75) is 65.2 Å². The zero-order valence-electron chi connectivity index (χ0n) is 21.3. The highest BCUT2D eigenvalue weighted by Gasteiger charge is 2.27. The fourth-order valence-corrected chi connectivity index (χ4v) is 7.61. The number of fused-ring (bicyclic) bond motifs is 4. The lowest BCUT2D eigenvalue weighted by Gasteiger charge is -2.27. The van der Waals surface area contributed by atoms with Gasteiger partial charge in [0.25, 0.3) is 0 Å². The Bertz CT molecular complexity index is 1580. The molecule has 2 aliphatic rings. The van der Waals surface area contributed by atoms with Crippen LogP contribution >= 0.6 is 11.3 Å². The number of nitrogens with zero attached hydrogens (tertiary/aromatic N) is 5. The van der Waals surface area contributed by atoms with Crippen molar-refractivity contribution in [1.82, 2.24) is 24.6 Å². The van der Waals surface area contributed by atoms with Crippen LogP contribution in [0.25, 0.3) is 37.6 Å². The maximum Gasteiger partial charge on any atom is 0.158 e. The lowest BCUT2D eigenvalue weighted by Crippen LogP contribution is -2.29. The number of thiophene rings is 1. The summed E-state index contributed by atoms with van der Waals surface area (Å²) in [6, 6.07) is 4.47. The van der Waals surface area contributed by atoms with Gasteiger partial charge in [-0.2, -0.15) is 5.10 Å². The first kappa shape index (κ1) is 22.0. The van der Waals surface area contributed by atoms with Crippen molar-refractivity contribution in [1.29, 1.82) is 0 Å². The number of hydrogen-bond acceptors (Lipinski definition) is 5. The summed E-state index contributed by atoms with van der Waals surface area (Å²) in [5.74, 6) is 1.51. The maximum absolute atomic E-state index is 4.87. The third-order valence-corrected chi connectivity index (χ3v) is 9.35. The largest absolute Gasteiger partial charge is 0.357 e. The molecule has 1 aliphatic heterocycles. The third-order valence-electron chi connectivity index (χ3n) is 8.10. The lowest BCUT2D eigenvalue weighted by atomic mass is 9.93. The molecule has 0 atom stereocenters. The maximum atomic E-state index is 4.87. The molecule has 0 amide bonds. The van der Waals surface area contributed by atoms with E-state index in [1.165, 1.54) is 79.9 Å². The monoisotopic (exact) mass is 496 g/mol. The molecule has 0 bridgehead atoms. The Morgan fingerprint density at radius 2 is 1.83 bits per heavy atom. The number of aromatic amines is 1. The van der Waals surface area contributed by atoms with Gasteiger partial charge in [0.2, 0.25) is 0 Å². The molecule has 1 aliphatic carbocycles. The summed E-state index contributed by atoms with van der Waals surface area (Å²) in [6.45, 7) is 9.15. The van der Waals surface area contributed by atoms with E-state index in [4.69, 9.17) is 4.98 Å². The van der Waals surface area contributed by atoms with Gasteiger partial charge < -0.3 is 9.88 Å². The van der Waals surface area contributed by atoms with Crippen LogP contribution in [-0.2, 0) is 12.8 Å². The molecule has 5 aromatic rings. The number of pyridine rings is 2. The molecule has 5 aromatic heterocycles. The smallest absolute Gasteiger partial charge is 0.158 e. The van der Waals surface area contributed by atoms with Crippen molar-refractivity contribution in [2.24, 2.45) is 0 Å². The Balaban J connectivity index is 1.34. The second kappa shape index (κ2) is 8.44. The quantitative estimate of drug-likeness (QED) is 0.294. The summed E-state index contributed by atoms with van der Waals surface area (Å²) in [5, 5.41) is 5.87. The van der Waals surface area contributed by atoms with Gasteiger partial charge in [-0.05, 0) is 80.2 Å². The number of anilines is 1. The Morgan fingerprint density at radius 3 is 2.61 bits per heavy atom. The third kappa shape index (κ3) is 3.32. The molecule has 1 N–H and O–H groups in total. The highest BCUT2D eigenvalue weighted by molar-refractivity contribution is 7.22. The fourth-order valence-electron chi connectivity index (χ4n) is 6.39. The van der Waals surface area contributed by atoms with Crippen LogP contribution in [0.15, 0.2) is 30.9 Å². The van der Waals surface area contributed by atoms with E-state index < -0.39 is 0 Å². The molecule has 36 heavy (non-hydrogen) atoms. The molecule has 6 nitrogen and oxygen atoms in total. The average molecular weight is 497 g/mol. The van der Waals surface area contributed by atoms with Crippen LogP contribution in [0, 0.1) is 6.92 Å². The van der Waals surface area contributed by atoms with Gasteiger partial charge in [0, 0.05) is 52.4 Å². The SMILES string of the molecule is Cc1c(-c2ccc(N3CCCCC3)nc2)sc2[nH]c(-c3cn4ncnc4c4c3CCC4)c(C(C)C)c12. The van der Waals surface area contributed by atoms with Crippen molar-refractivity contribution >= 4 is 33.0 Å². The Hall–Kier alpha value is -3.19. The minimum absolute atomic E-state index is 0.401. The Morgan fingerprint density at radius 1 is 1.00 bits per heavy atom. The van der Waals surface area contributed by atoms with Crippen molar-refractivity contribution in [2.75, 3.05) is 18.0 Å². The zero-order valence-corrected chi connectivity index (χ0v) is 22.1. The van der Waals surface area contributed by atoms with Crippen molar-refractivity contribution in [3.05, 3.63) is 53.1 Å². The number of nitrogens with one attached hydrogen (secondary N) is 1. The number of aryl methyl sites for hydroxylation is 2. The molecular formula is C29H32N6S. The van der Waals surface area contributed by atoms with E-state index in [0.717, 1.165) is 37.4 Å². The average Bonchev–Trinajstić information content (AvgIpc) is 3.68. The van der Waals surface area contributed by atoms with Gasteiger partial charge in [-0.15, -0.1) is 11.3 Å². The van der Waals surface area contributed by atoms with Crippen molar-refractivity contribution in [3.8, 4) is 21.7 Å². The summed E-state index contributed by atoms with van der Waals surface area (Å²) < 4.78 is 1.96. The summed E-state index contributed by atoms with van der Waals surface area (Å²) >= 11 is 1.86. The molecule has 7 rings (SSSR count). The van der Waals surface area contributed by atoms with E-state index in [0.29, 0.717) is 5.92 Å². The fraction of sp³-hybridized carbons (Fsp3) is 0.414.